The molecule has 3 heterocycles. The predicted molar refractivity (Wildman–Crippen MR) is 92.6 cm³/mol. The molecule has 3 aromatic heterocycles. The van der Waals surface area contributed by atoms with Gasteiger partial charge in [0.15, 0.2) is 10.6 Å². The average Bonchev–Trinajstić information content (AvgIpc) is 2.98. The molecule has 0 amide bonds. The number of thiazole rings is 1. The maximum atomic E-state index is 12.6. The van der Waals surface area contributed by atoms with Crippen molar-refractivity contribution in [2.24, 2.45) is 0 Å². The fraction of sp³-hybridized carbons (Fsp3) is 0. The molecule has 0 fully saturated rings. The Morgan fingerprint density at radius 1 is 1.27 bits per heavy atom. The quantitative estimate of drug-likeness (QED) is 0.499. The minimum Gasteiger partial charge on any atom is -0.267 e. The molecular formula is C15H7BrClN3OS. The Labute approximate surface area is 141 Å². The number of pyridine rings is 1. The number of hydrogen-bond donors (Lipinski definition) is 0. The Bertz CT molecular complexity index is 1120. The van der Waals surface area contributed by atoms with Gasteiger partial charge in [-0.1, -0.05) is 35.1 Å². The van der Waals surface area contributed by atoms with E-state index in [1.54, 1.807) is 22.7 Å². The molecule has 0 N–H and O–H groups in total. The first-order valence-electron chi connectivity index (χ1n) is 6.35. The minimum absolute atomic E-state index is 0.104. The van der Waals surface area contributed by atoms with Crippen molar-refractivity contribution >= 4 is 61.1 Å². The number of nitrogens with zero attached hydrogens (tertiary/aromatic N) is 3. The summed E-state index contributed by atoms with van der Waals surface area (Å²) in [6.07, 6.45) is 3.50. The van der Waals surface area contributed by atoms with Gasteiger partial charge in [-0.3, -0.25) is 4.79 Å². The van der Waals surface area contributed by atoms with Crippen LogP contribution in [0, 0.1) is 0 Å². The molecule has 22 heavy (non-hydrogen) atoms. The SMILES string of the molecule is O=c1c(=Cc2ccc(Cl)cc2)sc2nc3cc(Br)cnc3n12. The highest BCUT2D eigenvalue weighted by Crippen LogP contribution is 2.18. The molecule has 0 bridgehead atoms. The molecule has 4 rings (SSSR count). The van der Waals surface area contributed by atoms with Crippen molar-refractivity contribution in [3.8, 4) is 0 Å². The fourth-order valence-corrected chi connectivity index (χ4v) is 3.65. The monoisotopic (exact) mass is 391 g/mol. The van der Waals surface area contributed by atoms with E-state index in [1.165, 1.54) is 11.3 Å². The Morgan fingerprint density at radius 2 is 2.05 bits per heavy atom. The maximum Gasteiger partial charge on any atom is 0.276 e. The first-order chi connectivity index (χ1) is 10.6. The number of halogens is 2. The van der Waals surface area contributed by atoms with Crippen LogP contribution in [-0.4, -0.2) is 14.4 Å². The Kier molecular flexibility index (Phi) is 3.25. The van der Waals surface area contributed by atoms with Gasteiger partial charge in [0, 0.05) is 15.7 Å². The number of benzene rings is 1. The van der Waals surface area contributed by atoms with E-state index < -0.39 is 0 Å². The van der Waals surface area contributed by atoms with Crippen molar-refractivity contribution < 1.29 is 0 Å². The van der Waals surface area contributed by atoms with Crippen LogP contribution >= 0.6 is 38.9 Å². The van der Waals surface area contributed by atoms with Gasteiger partial charge in [-0.25, -0.2) is 14.4 Å². The van der Waals surface area contributed by atoms with Gasteiger partial charge in [0.25, 0.3) is 5.56 Å². The number of fused-ring (bicyclic) bond motifs is 3. The van der Waals surface area contributed by atoms with Crippen molar-refractivity contribution in [3.05, 3.63) is 66.5 Å². The van der Waals surface area contributed by atoms with E-state index in [4.69, 9.17) is 11.6 Å². The summed E-state index contributed by atoms with van der Waals surface area (Å²) in [4.78, 5) is 22.0. The van der Waals surface area contributed by atoms with E-state index in [2.05, 4.69) is 25.9 Å². The number of aromatic nitrogens is 3. The molecular weight excluding hydrogens is 386 g/mol. The zero-order chi connectivity index (χ0) is 15.3. The molecule has 0 unspecified atom stereocenters. The van der Waals surface area contributed by atoms with Crippen molar-refractivity contribution in [1.82, 2.24) is 14.4 Å². The third kappa shape index (κ3) is 2.24. The van der Waals surface area contributed by atoms with Crippen molar-refractivity contribution in [1.29, 1.82) is 0 Å². The van der Waals surface area contributed by atoms with Gasteiger partial charge in [-0.2, -0.15) is 0 Å². The van der Waals surface area contributed by atoms with E-state index in [9.17, 15) is 4.79 Å². The highest BCUT2D eigenvalue weighted by molar-refractivity contribution is 9.10. The Balaban J connectivity index is 1.98. The fourth-order valence-electron chi connectivity index (χ4n) is 2.22. The summed E-state index contributed by atoms with van der Waals surface area (Å²) < 4.78 is 3.01. The molecule has 108 valence electrons. The van der Waals surface area contributed by atoms with Crippen LogP contribution < -0.4 is 10.1 Å². The summed E-state index contributed by atoms with van der Waals surface area (Å²) in [5, 5.41) is 0.668. The lowest BCUT2D eigenvalue weighted by Crippen LogP contribution is -2.22. The molecule has 0 spiro atoms. The minimum atomic E-state index is -0.104. The molecule has 7 heteroatoms. The summed E-state index contributed by atoms with van der Waals surface area (Å²) in [7, 11) is 0. The lowest BCUT2D eigenvalue weighted by molar-refractivity contribution is 1.15. The Morgan fingerprint density at radius 3 is 2.82 bits per heavy atom. The van der Waals surface area contributed by atoms with Crippen LogP contribution in [0.4, 0.5) is 0 Å². The molecule has 1 aromatic carbocycles. The highest BCUT2D eigenvalue weighted by Gasteiger charge is 2.12. The van der Waals surface area contributed by atoms with Gasteiger partial charge in [0.2, 0.25) is 0 Å². The lowest BCUT2D eigenvalue weighted by atomic mass is 10.2. The highest BCUT2D eigenvalue weighted by atomic mass is 79.9. The van der Waals surface area contributed by atoms with Crippen LogP contribution in [0.15, 0.2) is 45.8 Å². The smallest absolute Gasteiger partial charge is 0.267 e. The van der Waals surface area contributed by atoms with Gasteiger partial charge in [0.1, 0.15) is 5.52 Å². The number of hydrogen-bond acceptors (Lipinski definition) is 4. The van der Waals surface area contributed by atoms with E-state index in [-0.39, 0.29) is 5.56 Å². The van der Waals surface area contributed by atoms with Crippen molar-refractivity contribution in [3.63, 3.8) is 0 Å². The number of imidazole rings is 1. The normalized spacial score (nSPS) is 12.5. The number of rotatable bonds is 1. The maximum absolute atomic E-state index is 12.6. The van der Waals surface area contributed by atoms with Gasteiger partial charge in [-0.15, -0.1) is 0 Å². The first-order valence-corrected chi connectivity index (χ1v) is 8.34. The Hall–Kier alpha value is -1.76. The lowest BCUT2D eigenvalue weighted by Gasteiger charge is -1.91. The third-order valence-electron chi connectivity index (χ3n) is 3.22. The second-order valence-corrected chi connectivity index (χ2v) is 7.05. The van der Waals surface area contributed by atoms with E-state index in [0.29, 0.717) is 25.7 Å². The van der Waals surface area contributed by atoms with Crippen molar-refractivity contribution in [2.75, 3.05) is 0 Å². The van der Waals surface area contributed by atoms with Crippen LogP contribution in [0.5, 0.6) is 0 Å². The summed E-state index contributed by atoms with van der Waals surface area (Å²) in [5.74, 6) is 0. The van der Waals surface area contributed by atoms with Gasteiger partial charge >= 0.3 is 0 Å². The largest absolute Gasteiger partial charge is 0.276 e. The molecule has 4 aromatic rings. The standard InChI is InChI=1S/C15H7BrClN3OS/c16-9-6-11-13(18-7-9)20-14(21)12(22-15(20)19-11)5-8-1-3-10(17)4-2-8/h1-7H. The summed E-state index contributed by atoms with van der Waals surface area (Å²) in [6, 6.07) is 9.19. The zero-order valence-corrected chi connectivity index (χ0v) is 14.1. The van der Waals surface area contributed by atoms with Crippen LogP contribution in [0.3, 0.4) is 0 Å². The molecule has 0 radical (unpaired) electrons. The van der Waals surface area contributed by atoms with E-state index >= 15 is 0 Å². The molecule has 0 atom stereocenters. The van der Waals surface area contributed by atoms with Crippen molar-refractivity contribution in [2.45, 2.75) is 0 Å². The summed E-state index contributed by atoms with van der Waals surface area (Å²) in [6.45, 7) is 0. The van der Waals surface area contributed by atoms with E-state index in [1.807, 2.05) is 24.3 Å². The third-order valence-corrected chi connectivity index (χ3v) is 4.87. The van der Waals surface area contributed by atoms with Crippen LogP contribution in [-0.2, 0) is 0 Å². The van der Waals surface area contributed by atoms with Crippen LogP contribution in [0.2, 0.25) is 5.02 Å². The van der Waals surface area contributed by atoms with Crippen LogP contribution in [0.1, 0.15) is 5.56 Å². The molecule has 4 nitrogen and oxygen atoms in total. The van der Waals surface area contributed by atoms with Gasteiger partial charge in [-0.05, 0) is 45.8 Å². The molecule has 0 aliphatic carbocycles. The predicted octanol–water partition coefficient (Wildman–Crippen LogP) is 3.27. The summed E-state index contributed by atoms with van der Waals surface area (Å²) >= 11 is 10.6. The van der Waals surface area contributed by atoms with Crippen LogP contribution in [0.25, 0.3) is 22.2 Å². The van der Waals surface area contributed by atoms with E-state index in [0.717, 1.165) is 10.0 Å². The summed E-state index contributed by atoms with van der Waals surface area (Å²) in [5.41, 5.74) is 2.10. The average molecular weight is 393 g/mol. The topological polar surface area (TPSA) is 47.3 Å². The first kappa shape index (κ1) is 13.9. The molecule has 0 aliphatic heterocycles. The molecule has 0 saturated carbocycles. The second kappa shape index (κ2) is 5.15. The molecule has 0 saturated heterocycles. The molecule has 0 aliphatic rings. The second-order valence-electron chi connectivity index (χ2n) is 4.69. The van der Waals surface area contributed by atoms with Gasteiger partial charge in [0.05, 0.1) is 4.53 Å². The zero-order valence-electron chi connectivity index (χ0n) is 11.0. The van der Waals surface area contributed by atoms with Gasteiger partial charge < -0.3 is 0 Å².